The van der Waals surface area contributed by atoms with Crippen LogP contribution in [0.3, 0.4) is 0 Å². The lowest BCUT2D eigenvalue weighted by Crippen LogP contribution is -2.38. The van der Waals surface area contributed by atoms with Gasteiger partial charge in [0.05, 0.1) is 22.1 Å². The van der Waals surface area contributed by atoms with Gasteiger partial charge in [0.15, 0.2) is 5.13 Å². The summed E-state index contributed by atoms with van der Waals surface area (Å²) < 4.78 is 6.70. The van der Waals surface area contributed by atoms with E-state index in [9.17, 15) is 14.4 Å². The number of carbonyl (C=O) groups excluding carboxylic acids is 3. The molecule has 156 valence electrons. The van der Waals surface area contributed by atoms with Crippen molar-refractivity contribution >= 4 is 44.4 Å². The van der Waals surface area contributed by atoms with Gasteiger partial charge in [-0.3, -0.25) is 19.3 Å². The van der Waals surface area contributed by atoms with Gasteiger partial charge >= 0.3 is 0 Å². The average Bonchev–Trinajstić information content (AvgIpc) is 3.28. The van der Waals surface area contributed by atoms with Gasteiger partial charge in [-0.05, 0) is 37.1 Å². The second kappa shape index (κ2) is 7.96. The topological polar surface area (TPSA) is 88.6 Å². The summed E-state index contributed by atoms with van der Waals surface area (Å²) in [6, 6.07) is 15.0. The van der Waals surface area contributed by atoms with Crippen LogP contribution in [0.4, 0.5) is 5.13 Å². The normalized spacial score (nSPS) is 20.2. The second-order valence-corrected chi connectivity index (χ2v) is 8.56. The van der Waals surface area contributed by atoms with Crippen LogP contribution in [-0.2, 0) is 14.4 Å². The highest BCUT2D eigenvalue weighted by Gasteiger charge is 2.47. The van der Waals surface area contributed by atoms with E-state index < -0.39 is 5.91 Å². The smallest absolute Gasteiger partial charge is 0.246 e. The third-order valence-corrected chi connectivity index (χ3v) is 6.42. The van der Waals surface area contributed by atoms with Gasteiger partial charge < -0.3 is 10.1 Å². The molecule has 7 nitrogen and oxygen atoms in total. The summed E-state index contributed by atoms with van der Waals surface area (Å²) in [4.78, 5) is 43.1. The lowest BCUT2D eigenvalue weighted by atomic mass is 9.85. The zero-order valence-electron chi connectivity index (χ0n) is 16.5. The van der Waals surface area contributed by atoms with Crippen LogP contribution in [0.15, 0.2) is 60.7 Å². The summed E-state index contributed by atoms with van der Waals surface area (Å²) >= 11 is 1.31. The van der Waals surface area contributed by atoms with E-state index in [-0.39, 0.29) is 30.2 Å². The first kappa shape index (κ1) is 19.4. The van der Waals surface area contributed by atoms with Crippen molar-refractivity contribution in [3.63, 3.8) is 0 Å². The standard InChI is InChI=1S/C23H19N3O4S/c27-20(13-26-21(28)16-8-4-5-9-17(16)22(26)29)25-23-24-18-11-10-15(12-19(18)31-23)30-14-6-2-1-3-7-14/h1-7,10-12,16-17H,8-9,13H2,(H,24,25,27)/t16-,17+. The van der Waals surface area contributed by atoms with Crippen molar-refractivity contribution in [1.29, 1.82) is 0 Å². The van der Waals surface area contributed by atoms with Crippen molar-refractivity contribution in [1.82, 2.24) is 9.88 Å². The summed E-state index contributed by atoms with van der Waals surface area (Å²) in [5.74, 6) is -0.233. The minimum absolute atomic E-state index is 0.262. The Balaban J connectivity index is 1.26. The van der Waals surface area contributed by atoms with Gasteiger partial charge in [0, 0.05) is 6.07 Å². The fourth-order valence-electron chi connectivity index (χ4n) is 3.97. The zero-order chi connectivity index (χ0) is 21.4. The molecule has 2 aliphatic rings. The quantitative estimate of drug-likeness (QED) is 0.486. The molecule has 1 aliphatic carbocycles. The summed E-state index contributed by atoms with van der Waals surface area (Å²) in [7, 11) is 0. The van der Waals surface area contributed by atoms with E-state index in [4.69, 9.17) is 4.74 Å². The average molecular weight is 433 g/mol. The van der Waals surface area contributed by atoms with Crippen molar-refractivity contribution in [3.05, 3.63) is 60.7 Å². The summed E-state index contributed by atoms with van der Waals surface area (Å²) in [5, 5.41) is 3.13. The lowest BCUT2D eigenvalue weighted by molar-refractivity contribution is -0.142. The highest BCUT2D eigenvalue weighted by molar-refractivity contribution is 7.22. The number of hydrogen-bond acceptors (Lipinski definition) is 6. The number of aromatic nitrogens is 1. The molecule has 5 rings (SSSR count). The van der Waals surface area contributed by atoms with Gasteiger partial charge in [0.25, 0.3) is 0 Å². The number of benzene rings is 2. The van der Waals surface area contributed by atoms with Crippen LogP contribution >= 0.6 is 11.3 Å². The van der Waals surface area contributed by atoms with Crippen LogP contribution in [0.5, 0.6) is 11.5 Å². The monoisotopic (exact) mass is 433 g/mol. The van der Waals surface area contributed by atoms with Crippen molar-refractivity contribution < 1.29 is 19.1 Å². The van der Waals surface area contributed by atoms with Crippen LogP contribution in [0.1, 0.15) is 12.8 Å². The number of fused-ring (bicyclic) bond motifs is 2. The number of likely N-dealkylation sites (tertiary alicyclic amines) is 1. The van der Waals surface area contributed by atoms with E-state index in [0.717, 1.165) is 20.9 Å². The summed E-state index contributed by atoms with van der Waals surface area (Å²) in [6.45, 7) is -0.289. The molecule has 0 saturated carbocycles. The van der Waals surface area contributed by atoms with Gasteiger partial charge in [-0.25, -0.2) is 4.98 Å². The third-order valence-electron chi connectivity index (χ3n) is 5.49. The number of nitrogens with one attached hydrogen (secondary N) is 1. The fraction of sp³-hybridized carbons (Fsp3) is 0.217. The van der Waals surface area contributed by atoms with Gasteiger partial charge in [-0.15, -0.1) is 0 Å². The maximum Gasteiger partial charge on any atom is 0.246 e. The summed E-state index contributed by atoms with van der Waals surface area (Å²) in [5.41, 5.74) is 0.728. The molecule has 2 atom stereocenters. The van der Waals surface area contributed by atoms with Gasteiger partial charge in [0.1, 0.15) is 18.0 Å². The predicted molar refractivity (Wildman–Crippen MR) is 117 cm³/mol. The molecule has 31 heavy (non-hydrogen) atoms. The third kappa shape index (κ3) is 3.82. The minimum atomic E-state index is -0.437. The van der Waals surface area contributed by atoms with E-state index >= 15 is 0 Å². The van der Waals surface area contributed by atoms with Gasteiger partial charge in [-0.1, -0.05) is 41.7 Å². The van der Waals surface area contributed by atoms with Gasteiger partial charge in [0.2, 0.25) is 17.7 Å². The van der Waals surface area contributed by atoms with E-state index in [1.807, 2.05) is 60.7 Å². The molecule has 1 saturated heterocycles. The van der Waals surface area contributed by atoms with E-state index in [1.165, 1.54) is 11.3 Å². The molecule has 0 radical (unpaired) electrons. The first-order valence-electron chi connectivity index (χ1n) is 10.0. The molecule has 0 spiro atoms. The minimum Gasteiger partial charge on any atom is -0.457 e. The zero-order valence-corrected chi connectivity index (χ0v) is 17.3. The number of nitrogens with zero attached hydrogens (tertiary/aromatic N) is 2. The lowest BCUT2D eigenvalue weighted by Gasteiger charge is -2.14. The number of amides is 3. The SMILES string of the molecule is O=C(CN1C(=O)[C@H]2CC=CC[C@H]2C1=O)Nc1nc2ccc(Oc3ccccc3)cc2s1. The molecular formula is C23H19N3O4S. The highest BCUT2D eigenvalue weighted by Crippen LogP contribution is 2.35. The Kier molecular flexibility index (Phi) is 4.99. The van der Waals surface area contributed by atoms with Crippen LogP contribution in [0.2, 0.25) is 0 Å². The summed E-state index contributed by atoms with van der Waals surface area (Å²) in [6.07, 6.45) is 4.96. The Labute approximate surface area is 182 Å². The largest absolute Gasteiger partial charge is 0.457 e. The molecule has 1 aromatic heterocycles. The Morgan fingerprint density at radius 1 is 1.03 bits per heavy atom. The maximum atomic E-state index is 12.5. The Morgan fingerprint density at radius 3 is 2.45 bits per heavy atom. The number of imide groups is 1. The molecule has 2 aromatic carbocycles. The maximum absolute atomic E-state index is 12.5. The molecule has 0 unspecified atom stereocenters. The van der Waals surface area contributed by atoms with Crippen molar-refractivity contribution in [2.24, 2.45) is 11.8 Å². The Hall–Kier alpha value is -3.52. The molecular weight excluding hydrogens is 414 g/mol. The Bertz CT molecular complexity index is 1180. The molecule has 0 bridgehead atoms. The number of para-hydroxylation sites is 1. The predicted octanol–water partition coefficient (Wildman–Crippen LogP) is 3.98. The van der Waals surface area contributed by atoms with Crippen LogP contribution in [-0.4, -0.2) is 34.2 Å². The van der Waals surface area contributed by atoms with Crippen molar-refractivity contribution in [2.45, 2.75) is 12.8 Å². The van der Waals surface area contributed by atoms with Crippen molar-refractivity contribution in [2.75, 3.05) is 11.9 Å². The number of thiazole rings is 1. The molecule has 1 N–H and O–H groups in total. The van der Waals surface area contributed by atoms with Gasteiger partial charge in [-0.2, -0.15) is 0 Å². The fourth-order valence-corrected chi connectivity index (χ4v) is 4.88. The van der Waals surface area contributed by atoms with E-state index in [1.54, 1.807) is 0 Å². The number of rotatable bonds is 5. The number of allylic oxidation sites excluding steroid dienone is 2. The van der Waals surface area contributed by atoms with Crippen LogP contribution in [0.25, 0.3) is 10.2 Å². The van der Waals surface area contributed by atoms with Crippen LogP contribution in [0, 0.1) is 11.8 Å². The number of ether oxygens (including phenoxy) is 1. The Morgan fingerprint density at radius 2 is 1.74 bits per heavy atom. The molecule has 1 fully saturated rings. The second-order valence-electron chi connectivity index (χ2n) is 7.53. The number of anilines is 1. The molecule has 2 heterocycles. The highest BCUT2D eigenvalue weighted by atomic mass is 32.1. The van der Waals surface area contributed by atoms with Crippen molar-refractivity contribution in [3.8, 4) is 11.5 Å². The first-order valence-corrected chi connectivity index (χ1v) is 10.8. The first-order chi connectivity index (χ1) is 15.1. The molecule has 3 aromatic rings. The number of carbonyl (C=O) groups is 3. The molecule has 8 heteroatoms. The number of hydrogen-bond donors (Lipinski definition) is 1. The molecule has 1 aliphatic heterocycles. The van der Waals surface area contributed by atoms with Crippen LogP contribution < -0.4 is 10.1 Å². The van der Waals surface area contributed by atoms with E-state index in [0.29, 0.717) is 23.7 Å². The van der Waals surface area contributed by atoms with E-state index in [2.05, 4.69) is 10.3 Å². The molecule has 3 amide bonds.